The first-order chi connectivity index (χ1) is 10.2. The molecule has 1 amide bonds. The maximum Gasteiger partial charge on any atom is 0.268 e. The molecule has 1 heterocycles. The summed E-state index contributed by atoms with van der Waals surface area (Å²) in [6.45, 7) is 0.938. The van der Waals surface area contributed by atoms with Crippen molar-refractivity contribution in [1.29, 1.82) is 0 Å². The van der Waals surface area contributed by atoms with Crippen LogP contribution < -0.4 is 16.0 Å². The summed E-state index contributed by atoms with van der Waals surface area (Å²) in [6, 6.07) is 9.35. The van der Waals surface area contributed by atoms with Crippen molar-refractivity contribution in [2.45, 2.75) is 13.0 Å². The lowest BCUT2D eigenvalue weighted by atomic mass is 10.1. The topological polar surface area (TPSA) is 86.7 Å². The maximum absolute atomic E-state index is 11.3. The number of hydrogen-bond acceptors (Lipinski definition) is 5. The summed E-state index contributed by atoms with van der Waals surface area (Å²) >= 11 is 0. The highest BCUT2D eigenvalue weighted by Gasteiger charge is 2.09. The number of amides is 1. The fourth-order valence-corrected chi connectivity index (χ4v) is 1.79. The van der Waals surface area contributed by atoms with Crippen molar-refractivity contribution >= 4 is 5.91 Å². The quantitative estimate of drug-likeness (QED) is 0.460. The third-order valence-electron chi connectivity index (χ3n) is 2.95. The van der Waals surface area contributed by atoms with Crippen LogP contribution in [0.4, 0.5) is 0 Å². The van der Waals surface area contributed by atoms with Gasteiger partial charge in [-0.15, -0.1) is 0 Å². The number of nitrogens with one attached hydrogen (secondary N) is 1. The van der Waals surface area contributed by atoms with E-state index in [1.165, 1.54) is 11.8 Å². The van der Waals surface area contributed by atoms with Gasteiger partial charge in [-0.05, 0) is 30.2 Å². The van der Waals surface area contributed by atoms with Crippen molar-refractivity contribution in [1.82, 2.24) is 5.43 Å². The minimum Gasteiger partial charge on any atom is -0.486 e. The summed E-state index contributed by atoms with van der Waals surface area (Å²) < 4.78 is 15.8. The van der Waals surface area contributed by atoms with Crippen LogP contribution in [0.2, 0.25) is 0 Å². The number of methoxy groups -OCH3 is 1. The number of carbonyl (C=O) groups excluding carboxylic acids is 1. The van der Waals surface area contributed by atoms with Crippen molar-refractivity contribution in [2.75, 3.05) is 13.7 Å². The van der Waals surface area contributed by atoms with Gasteiger partial charge in [0.05, 0.1) is 12.2 Å². The monoisotopic (exact) mass is 290 g/mol. The summed E-state index contributed by atoms with van der Waals surface area (Å²) in [5, 5.41) is 0. The minimum atomic E-state index is -0.396. The summed E-state index contributed by atoms with van der Waals surface area (Å²) in [5.41, 5.74) is 3.59. The van der Waals surface area contributed by atoms with E-state index in [0.29, 0.717) is 17.9 Å². The molecule has 21 heavy (non-hydrogen) atoms. The van der Waals surface area contributed by atoms with E-state index in [0.717, 1.165) is 12.2 Å². The van der Waals surface area contributed by atoms with E-state index in [1.807, 2.05) is 29.7 Å². The van der Waals surface area contributed by atoms with Crippen LogP contribution in [0.15, 0.2) is 41.0 Å². The number of benzene rings is 1. The van der Waals surface area contributed by atoms with E-state index >= 15 is 0 Å². The Morgan fingerprint density at radius 2 is 2.10 bits per heavy atom. The van der Waals surface area contributed by atoms with E-state index in [1.54, 1.807) is 13.2 Å². The average Bonchev–Trinajstić information content (AvgIpc) is 3.00. The maximum atomic E-state index is 11.3. The number of nitrogen functional groups attached to an aromatic ring is 1. The van der Waals surface area contributed by atoms with Gasteiger partial charge in [-0.3, -0.25) is 10.2 Å². The van der Waals surface area contributed by atoms with Crippen LogP contribution >= 0.6 is 0 Å². The standard InChI is InChI=1S/C15H18N2O4/c1-19-7-6-11-2-4-13(5-3-11)21-10-14-8-12(9-20-14)15(18)17-16/h2-5,8-9H,6-7,10,16H2,1H3,(H,17,18). The molecule has 6 heteroatoms. The van der Waals surface area contributed by atoms with Crippen LogP contribution in [0.1, 0.15) is 21.7 Å². The second kappa shape index (κ2) is 7.47. The second-order valence-corrected chi connectivity index (χ2v) is 4.45. The van der Waals surface area contributed by atoms with Crippen LogP contribution in [0.5, 0.6) is 5.75 Å². The highest BCUT2D eigenvalue weighted by Crippen LogP contribution is 2.16. The first-order valence-electron chi connectivity index (χ1n) is 6.52. The van der Waals surface area contributed by atoms with Gasteiger partial charge in [0.25, 0.3) is 5.91 Å². The van der Waals surface area contributed by atoms with Gasteiger partial charge in [0.1, 0.15) is 24.4 Å². The van der Waals surface area contributed by atoms with Crippen LogP contribution in [-0.4, -0.2) is 19.6 Å². The molecule has 1 aromatic carbocycles. The SMILES string of the molecule is COCCc1ccc(OCc2cc(C(=O)NN)co2)cc1. The molecule has 1 aromatic heterocycles. The molecule has 0 aliphatic heterocycles. The summed E-state index contributed by atoms with van der Waals surface area (Å²) in [4.78, 5) is 11.3. The largest absolute Gasteiger partial charge is 0.486 e. The third-order valence-corrected chi connectivity index (χ3v) is 2.95. The zero-order valence-corrected chi connectivity index (χ0v) is 11.8. The number of rotatable bonds is 7. The van der Waals surface area contributed by atoms with Gasteiger partial charge in [0.2, 0.25) is 0 Å². The summed E-state index contributed by atoms with van der Waals surface area (Å²) in [6.07, 6.45) is 2.21. The van der Waals surface area contributed by atoms with E-state index in [4.69, 9.17) is 19.7 Å². The highest BCUT2D eigenvalue weighted by molar-refractivity contribution is 5.93. The molecule has 112 valence electrons. The molecule has 0 aliphatic rings. The van der Waals surface area contributed by atoms with Crippen molar-refractivity contribution < 1.29 is 18.7 Å². The lowest BCUT2D eigenvalue weighted by Gasteiger charge is -2.05. The van der Waals surface area contributed by atoms with E-state index in [-0.39, 0.29) is 6.61 Å². The molecule has 2 aromatic rings. The molecule has 6 nitrogen and oxygen atoms in total. The number of hydrogen-bond donors (Lipinski definition) is 2. The Morgan fingerprint density at radius 3 is 2.76 bits per heavy atom. The molecule has 0 atom stereocenters. The number of furan rings is 1. The Morgan fingerprint density at radius 1 is 1.33 bits per heavy atom. The van der Waals surface area contributed by atoms with E-state index in [9.17, 15) is 4.79 Å². The normalized spacial score (nSPS) is 10.4. The Balaban J connectivity index is 1.87. The predicted octanol–water partition coefficient (Wildman–Crippen LogP) is 1.65. The molecule has 0 saturated heterocycles. The molecule has 0 radical (unpaired) electrons. The Kier molecular flexibility index (Phi) is 5.36. The molecular weight excluding hydrogens is 272 g/mol. The number of hydrazine groups is 1. The first kappa shape index (κ1) is 15.1. The van der Waals surface area contributed by atoms with Gasteiger partial charge in [-0.25, -0.2) is 5.84 Å². The molecule has 0 aliphatic carbocycles. The Bertz CT molecular complexity index is 578. The van der Waals surface area contributed by atoms with Gasteiger partial charge < -0.3 is 13.9 Å². The first-order valence-corrected chi connectivity index (χ1v) is 6.52. The van der Waals surface area contributed by atoms with Gasteiger partial charge in [-0.1, -0.05) is 12.1 Å². The molecule has 0 saturated carbocycles. The van der Waals surface area contributed by atoms with Crippen LogP contribution in [0.3, 0.4) is 0 Å². The number of nitrogens with two attached hydrogens (primary N) is 1. The average molecular weight is 290 g/mol. The lowest BCUT2D eigenvalue weighted by molar-refractivity contribution is 0.0953. The molecule has 0 bridgehead atoms. The van der Waals surface area contributed by atoms with Crippen molar-refractivity contribution in [3.8, 4) is 5.75 Å². The van der Waals surface area contributed by atoms with Gasteiger partial charge in [0, 0.05) is 7.11 Å². The number of carbonyl (C=O) groups is 1. The third kappa shape index (κ3) is 4.34. The van der Waals surface area contributed by atoms with Crippen LogP contribution in [-0.2, 0) is 17.8 Å². The molecule has 2 rings (SSSR count). The molecular formula is C15H18N2O4. The van der Waals surface area contributed by atoms with E-state index < -0.39 is 5.91 Å². The highest BCUT2D eigenvalue weighted by atomic mass is 16.5. The zero-order valence-electron chi connectivity index (χ0n) is 11.8. The van der Waals surface area contributed by atoms with Gasteiger partial charge in [0.15, 0.2) is 0 Å². The summed E-state index contributed by atoms with van der Waals surface area (Å²) in [7, 11) is 1.68. The second-order valence-electron chi connectivity index (χ2n) is 4.45. The Labute approximate surface area is 122 Å². The Hall–Kier alpha value is -2.31. The fraction of sp³-hybridized carbons (Fsp3) is 0.267. The van der Waals surface area contributed by atoms with Crippen molar-refractivity contribution in [2.24, 2.45) is 5.84 Å². The van der Waals surface area contributed by atoms with Gasteiger partial charge in [-0.2, -0.15) is 0 Å². The molecule has 3 N–H and O–H groups in total. The smallest absolute Gasteiger partial charge is 0.268 e. The van der Waals surface area contributed by atoms with Crippen molar-refractivity contribution in [3.05, 3.63) is 53.5 Å². The lowest BCUT2D eigenvalue weighted by Crippen LogP contribution is -2.29. The minimum absolute atomic E-state index is 0.245. The zero-order chi connectivity index (χ0) is 15.1. The van der Waals surface area contributed by atoms with Crippen LogP contribution in [0.25, 0.3) is 0 Å². The van der Waals surface area contributed by atoms with E-state index in [2.05, 4.69) is 0 Å². The number of ether oxygens (including phenoxy) is 2. The van der Waals surface area contributed by atoms with Gasteiger partial charge >= 0.3 is 0 Å². The molecule has 0 spiro atoms. The predicted molar refractivity (Wildman–Crippen MR) is 76.7 cm³/mol. The fourth-order valence-electron chi connectivity index (χ4n) is 1.79. The van der Waals surface area contributed by atoms with Crippen molar-refractivity contribution in [3.63, 3.8) is 0 Å². The molecule has 0 fully saturated rings. The van der Waals surface area contributed by atoms with Crippen LogP contribution in [0, 0.1) is 0 Å². The summed E-state index contributed by atoms with van der Waals surface area (Å²) in [5.74, 6) is 5.94. The molecule has 0 unspecified atom stereocenters.